The van der Waals surface area contributed by atoms with Crippen molar-refractivity contribution in [3.63, 3.8) is 0 Å². The van der Waals surface area contributed by atoms with E-state index in [1.807, 2.05) is 12.1 Å². The predicted octanol–water partition coefficient (Wildman–Crippen LogP) is 2.77. The lowest BCUT2D eigenvalue weighted by atomic mass is 9.87. The highest BCUT2D eigenvalue weighted by atomic mass is 16.5. The summed E-state index contributed by atoms with van der Waals surface area (Å²) in [6, 6.07) is 3.83. The minimum atomic E-state index is -0.749. The number of hydrogen-bond acceptors (Lipinski definition) is 3. The molecule has 0 heterocycles. The van der Waals surface area contributed by atoms with Gasteiger partial charge in [0.2, 0.25) is 0 Å². The van der Waals surface area contributed by atoms with Gasteiger partial charge in [-0.05, 0) is 36.5 Å². The molecule has 0 aromatic heterocycles. The number of hydrogen-bond donors (Lipinski definition) is 1. The molecular weight excluding hydrogens is 244 g/mol. The molecule has 1 aromatic carbocycles. The number of carbonyl (C=O) groups is 1. The highest BCUT2D eigenvalue weighted by Crippen LogP contribution is 2.54. The molecule has 0 radical (unpaired) electrons. The van der Waals surface area contributed by atoms with Gasteiger partial charge in [-0.2, -0.15) is 0 Å². The zero-order valence-corrected chi connectivity index (χ0v) is 11.7. The highest BCUT2D eigenvalue weighted by molar-refractivity contribution is 5.71. The van der Waals surface area contributed by atoms with Crippen molar-refractivity contribution in [3.8, 4) is 11.5 Å². The van der Waals surface area contributed by atoms with Crippen molar-refractivity contribution in [2.75, 3.05) is 14.2 Å². The first kappa shape index (κ1) is 13.7. The van der Waals surface area contributed by atoms with Gasteiger partial charge in [0.15, 0.2) is 0 Å². The van der Waals surface area contributed by atoms with Crippen LogP contribution in [0.25, 0.3) is 0 Å². The number of aliphatic carboxylic acids is 1. The second-order valence-electron chi connectivity index (χ2n) is 5.06. The van der Waals surface area contributed by atoms with Crippen molar-refractivity contribution in [2.24, 2.45) is 0 Å². The summed E-state index contributed by atoms with van der Waals surface area (Å²) in [6.45, 7) is 2.06. The Hall–Kier alpha value is -1.71. The number of rotatable bonds is 6. The van der Waals surface area contributed by atoms with Crippen LogP contribution in [0.4, 0.5) is 0 Å². The van der Waals surface area contributed by atoms with Crippen molar-refractivity contribution in [1.82, 2.24) is 0 Å². The summed E-state index contributed by atoms with van der Waals surface area (Å²) in [5.41, 5.74) is 1.95. The van der Waals surface area contributed by atoms with Crippen LogP contribution in [0.2, 0.25) is 0 Å². The summed E-state index contributed by atoms with van der Waals surface area (Å²) in [7, 11) is 3.25. The maximum Gasteiger partial charge on any atom is 0.304 e. The van der Waals surface area contributed by atoms with Crippen LogP contribution in [0, 0.1) is 0 Å². The van der Waals surface area contributed by atoms with Crippen LogP contribution in [-0.4, -0.2) is 25.3 Å². The normalized spacial score (nSPS) is 15.9. The van der Waals surface area contributed by atoms with Crippen molar-refractivity contribution < 1.29 is 19.4 Å². The van der Waals surface area contributed by atoms with Crippen molar-refractivity contribution >= 4 is 5.97 Å². The summed E-state index contributed by atoms with van der Waals surface area (Å²) in [5.74, 6) is 0.760. The molecule has 1 fully saturated rings. The van der Waals surface area contributed by atoms with Gasteiger partial charge in [-0.1, -0.05) is 6.92 Å². The van der Waals surface area contributed by atoms with Gasteiger partial charge < -0.3 is 14.6 Å². The third-order valence-corrected chi connectivity index (χ3v) is 3.91. The van der Waals surface area contributed by atoms with E-state index in [1.165, 1.54) is 0 Å². The molecule has 104 valence electrons. The monoisotopic (exact) mass is 264 g/mol. The molecule has 4 nitrogen and oxygen atoms in total. The molecule has 0 aliphatic heterocycles. The summed E-state index contributed by atoms with van der Waals surface area (Å²) in [6.07, 6.45) is 2.84. The number of methoxy groups -OCH3 is 2. The Morgan fingerprint density at radius 1 is 1.32 bits per heavy atom. The van der Waals surface area contributed by atoms with E-state index < -0.39 is 5.97 Å². The zero-order valence-electron chi connectivity index (χ0n) is 11.7. The molecule has 0 bridgehead atoms. The van der Waals surface area contributed by atoms with Gasteiger partial charge in [-0.25, -0.2) is 0 Å². The lowest BCUT2D eigenvalue weighted by molar-refractivity contribution is -0.137. The first-order valence-electron chi connectivity index (χ1n) is 6.53. The van der Waals surface area contributed by atoms with E-state index in [9.17, 15) is 4.79 Å². The van der Waals surface area contributed by atoms with Crippen LogP contribution < -0.4 is 9.47 Å². The smallest absolute Gasteiger partial charge is 0.304 e. The molecule has 1 aromatic rings. The molecule has 1 aliphatic carbocycles. The maximum atomic E-state index is 11.1. The number of carboxylic acids is 1. The standard InChI is InChI=1S/C15H20O4/c1-4-11-12(15(5-6-15)9-14(16)17)7-10(18-2)8-13(11)19-3/h7-8H,4-6,9H2,1-3H3,(H,16,17). The second-order valence-corrected chi connectivity index (χ2v) is 5.06. The van der Waals surface area contributed by atoms with Gasteiger partial charge in [-0.15, -0.1) is 0 Å². The molecule has 19 heavy (non-hydrogen) atoms. The van der Waals surface area contributed by atoms with Crippen LogP contribution in [0.3, 0.4) is 0 Å². The Morgan fingerprint density at radius 2 is 2.00 bits per heavy atom. The van der Waals surface area contributed by atoms with Crippen molar-refractivity contribution in [2.45, 2.75) is 38.0 Å². The quantitative estimate of drug-likeness (QED) is 0.858. The molecule has 0 unspecified atom stereocenters. The van der Waals surface area contributed by atoms with Gasteiger partial charge in [0.1, 0.15) is 11.5 Å². The van der Waals surface area contributed by atoms with E-state index in [4.69, 9.17) is 14.6 Å². The molecule has 0 amide bonds. The molecule has 0 spiro atoms. The van der Waals surface area contributed by atoms with Crippen molar-refractivity contribution in [3.05, 3.63) is 23.3 Å². The van der Waals surface area contributed by atoms with Crippen LogP contribution in [0.1, 0.15) is 37.3 Å². The minimum Gasteiger partial charge on any atom is -0.497 e. The van der Waals surface area contributed by atoms with E-state index in [1.54, 1.807) is 14.2 Å². The summed E-state index contributed by atoms with van der Waals surface area (Å²) in [4.78, 5) is 11.1. The highest BCUT2D eigenvalue weighted by Gasteiger charge is 2.47. The lowest BCUT2D eigenvalue weighted by Gasteiger charge is -2.21. The SMILES string of the molecule is CCc1c(OC)cc(OC)cc1C1(CC(=O)O)CC1. The minimum absolute atomic E-state index is 0.177. The van der Waals surface area contributed by atoms with Gasteiger partial charge in [0, 0.05) is 11.5 Å². The largest absolute Gasteiger partial charge is 0.497 e. The van der Waals surface area contributed by atoms with E-state index in [2.05, 4.69) is 6.92 Å². The number of benzene rings is 1. The van der Waals surface area contributed by atoms with Crippen LogP contribution in [-0.2, 0) is 16.6 Å². The Bertz CT molecular complexity index is 489. The molecule has 0 saturated heterocycles. The fourth-order valence-corrected chi connectivity index (χ4v) is 2.74. The Kier molecular flexibility index (Phi) is 3.69. The fraction of sp³-hybridized carbons (Fsp3) is 0.533. The molecule has 1 saturated carbocycles. The van der Waals surface area contributed by atoms with Gasteiger partial charge >= 0.3 is 5.97 Å². The fourth-order valence-electron chi connectivity index (χ4n) is 2.74. The molecule has 4 heteroatoms. The molecule has 1 N–H and O–H groups in total. The summed E-state index contributed by atoms with van der Waals surface area (Å²) in [5, 5.41) is 9.10. The molecule has 2 rings (SSSR count). The summed E-state index contributed by atoms with van der Waals surface area (Å²) < 4.78 is 10.7. The average molecular weight is 264 g/mol. The van der Waals surface area contributed by atoms with E-state index >= 15 is 0 Å². The maximum absolute atomic E-state index is 11.1. The first-order valence-corrected chi connectivity index (χ1v) is 6.53. The number of carboxylic acid groups (broad SMARTS) is 1. The van der Waals surface area contributed by atoms with E-state index in [-0.39, 0.29) is 11.8 Å². The van der Waals surface area contributed by atoms with Crippen LogP contribution >= 0.6 is 0 Å². The third kappa shape index (κ3) is 2.53. The van der Waals surface area contributed by atoms with E-state index in [0.29, 0.717) is 0 Å². The zero-order chi connectivity index (χ0) is 14.0. The Balaban J connectivity index is 2.51. The molecule has 0 atom stereocenters. The van der Waals surface area contributed by atoms with Crippen LogP contribution in [0.15, 0.2) is 12.1 Å². The Morgan fingerprint density at radius 3 is 2.42 bits per heavy atom. The molecular formula is C15H20O4. The lowest BCUT2D eigenvalue weighted by Crippen LogP contribution is -2.16. The van der Waals surface area contributed by atoms with Gasteiger partial charge in [0.25, 0.3) is 0 Å². The van der Waals surface area contributed by atoms with Crippen molar-refractivity contribution in [1.29, 1.82) is 0 Å². The Labute approximate surface area is 113 Å². The van der Waals surface area contributed by atoms with E-state index in [0.717, 1.165) is 41.9 Å². The first-order chi connectivity index (χ1) is 9.06. The third-order valence-electron chi connectivity index (χ3n) is 3.91. The second kappa shape index (κ2) is 5.11. The summed E-state index contributed by atoms with van der Waals surface area (Å²) >= 11 is 0. The predicted molar refractivity (Wildman–Crippen MR) is 72.1 cm³/mol. The van der Waals surface area contributed by atoms with Gasteiger partial charge in [-0.3, -0.25) is 4.79 Å². The topological polar surface area (TPSA) is 55.8 Å². The van der Waals surface area contributed by atoms with Crippen LogP contribution in [0.5, 0.6) is 11.5 Å². The average Bonchev–Trinajstić information content (AvgIpc) is 3.16. The van der Waals surface area contributed by atoms with Gasteiger partial charge in [0.05, 0.1) is 20.6 Å². The number of ether oxygens (including phenoxy) is 2. The molecule has 1 aliphatic rings.